The lowest BCUT2D eigenvalue weighted by Crippen LogP contribution is -2.34. The average Bonchev–Trinajstić information content (AvgIpc) is 2.36. The highest BCUT2D eigenvalue weighted by Crippen LogP contribution is 2.33. The summed E-state index contributed by atoms with van der Waals surface area (Å²) in [6, 6.07) is 6.76. The molecule has 2 heteroatoms. The van der Waals surface area contributed by atoms with Crippen molar-refractivity contribution in [3.63, 3.8) is 0 Å². The van der Waals surface area contributed by atoms with Crippen LogP contribution in [0.1, 0.15) is 43.9 Å². The molecule has 1 aliphatic carbocycles. The van der Waals surface area contributed by atoms with Crippen molar-refractivity contribution in [2.75, 3.05) is 6.61 Å². The molecule has 0 fully saturated rings. The van der Waals surface area contributed by atoms with E-state index in [2.05, 4.69) is 45.0 Å². The zero-order chi connectivity index (χ0) is 14.0. The van der Waals surface area contributed by atoms with Crippen molar-refractivity contribution < 1.29 is 4.74 Å². The van der Waals surface area contributed by atoms with Crippen molar-refractivity contribution in [2.45, 2.75) is 52.2 Å². The van der Waals surface area contributed by atoms with Crippen molar-refractivity contribution in [3.05, 3.63) is 40.5 Å². The van der Waals surface area contributed by atoms with Crippen LogP contribution in [0, 0.1) is 6.92 Å². The molecule has 2 N–H and O–H groups in total. The lowest BCUT2D eigenvalue weighted by Gasteiger charge is -2.32. The Morgan fingerprint density at radius 1 is 1.32 bits per heavy atom. The van der Waals surface area contributed by atoms with Gasteiger partial charge in [-0.25, -0.2) is 0 Å². The van der Waals surface area contributed by atoms with Gasteiger partial charge in [0, 0.05) is 6.04 Å². The topological polar surface area (TPSA) is 35.2 Å². The first-order chi connectivity index (χ1) is 8.88. The zero-order valence-electron chi connectivity index (χ0n) is 12.5. The molecule has 2 nitrogen and oxygen atoms in total. The van der Waals surface area contributed by atoms with E-state index in [4.69, 9.17) is 10.5 Å². The smallest absolute Gasteiger partial charge is 0.0839 e. The summed E-state index contributed by atoms with van der Waals surface area (Å²) in [6.07, 6.45) is 4.47. The third-order valence-corrected chi connectivity index (χ3v) is 3.77. The van der Waals surface area contributed by atoms with Crippen LogP contribution in [-0.4, -0.2) is 18.2 Å². The standard InChI is InChI=1S/C17H25NO/c1-12-5-6-15-10-16(8-7-14(15)9-12)17(3,4)19-11-13(2)18/h5-6,9-10,13H,7-8,11,18H2,1-4H3. The number of aryl methyl sites for hydroxylation is 2. The molecule has 0 radical (unpaired) electrons. The Balaban J connectivity index is 2.20. The van der Waals surface area contributed by atoms with Crippen LogP contribution >= 0.6 is 0 Å². The first-order valence-corrected chi connectivity index (χ1v) is 7.08. The van der Waals surface area contributed by atoms with Gasteiger partial charge >= 0.3 is 0 Å². The van der Waals surface area contributed by atoms with Crippen LogP contribution in [-0.2, 0) is 11.2 Å². The van der Waals surface area contributed by atoms with Gasteiger partial charge in [-0.1, -0.05) is 29.8 Å². The Hall–Kier alpha value is -1.12. The summed E-state index contributed by atoms with van der Waals surface area (Å²) in [5.41, 5.74) is 11.0. The van der Waals surface area contributed by atoms with Crippen LogP contribution in [0.25, 0.3) is 6.08 Å². The van der Waals surface area contributed by atoms with Gasteiger partial charge in [0.2, 0.25) is 0 Å². The average molecular weight is 259 g/mol. The summed E-state index contributed by atoms with van der Waals surface area (Å²) < 4.78 is 5.98. The predicted octanol–water partition coefficient (Wildman–Crippen LogP) is 3.47. The third-order valence-electron chi connectivity index (χ3n) is 3.77. The van der Waals surface area contributed by atoms with Crippen LogP contribution < -0.4 is 5.73 Å². The fourth-order valence-corrected chi connectivity index (χ4v) is 2.53. The van der Waals surface area contributed by atoms with Crippen LogP contribution in [0.3, 0.4) is 0 Å². The summed E-state index contributed by atoms with van der Waals surface area (Å²) in [5, 5.41) is 0. The van der Waals surface area contributed by atoms with E-state index in [1.165, 1.54) is 22.3 Å². The fourth-order valence-electron chi connectivity index (χ4n) is 2.53. The predicted molar refractivity (Wildman–Crippen MR) is 81.2 cm³/mol. The molecule has 104 valence electrons. The second-order valence-electron chi connectivity index (χ2n) is 6.17. The van der Waals surface area contributed by atoms with Gasteiger partial charge in [-0.2, -0.15) is 0 Å². The van der Waals surface area contributed by atoms with E-state index in [0.717, 1.165) is 12.8 Å². The number of nitrogens with two attached hydrogens (primary N) is 1. The highest BCUT2D eigenvalue weighted by molar-refractivity contribution is 5.61. The Morgan fingerprint density at radius 2 is 2.05 bits per heavy atom. The molecule has 1 aromatic carbocycles. The Morgan fingerprint density at radius 3 is 2.74 bits per heavy atom. The maximum absolute atomic E-state index is 5.98. The van der Waals surface area contributed by atoms with E-state index in [9.17, 15) is 0 Å². The highest BCUT2D eigenvalue weighted by atomic mass is 16.5. The molecule has 0 amide bonds. The van der Waals surface area contributed by atoms with E-state index in [0.29, 0.717) is 6.61 Å². The fraction of sp³-hybridized carbons (Fsp3) is 0.529. The summed E-state index contributed by atoms with van der Waals surface area (Å²) in [6.45, 7) is 9.00. The SMILES string of the molecule is Cc1ccc2c(c1)CCC(C(C)(C)OCC(C)N)=C2. The van der Waals surface area contributed by atoms with Gasteiger partial charge in [-0.3, -0.25) is 0 Å². The van der Waals surface area contributed by atoms with Crippen LogP contribution in [0.5, 0.6) is 0 Å². The van der Waals surface area contributed by atoms with Gasteiger partial charge < -0.3 is 10.5 Å². The van der Waals surface area contributed by atoms with Gasteiger partial charge in [0.05, 0.1) is 12.2 Å². The van der Waals surface area contributed by atoms with Crippen molar-refractivity contribution in [1.82, 2.24) is 0 Å². The minimum absolute atomic E-state index is 0.0819. The van der Waals surface area contributed by atoms with E-state index in [1.54, 1.807) is 0 Å². The van der Waals surface area contributed by atoms with Crippen LogP contribution in [0.4, 0.5) is 0 Å². The van der Waals surface area contributed by atoms with Gasteiger partial charge in [-0.05, 0) is 57.2 Å². The molecule has 0 saturated heterocycles. The molecule has 1 aromatic rings. The molecule has 2 rings (SSSR count). The molecule has 0 saturated carbocycles. The molecule has 1 unspecified atom stereocenters. The first kappa shape index (κ1) is 14.3. The number of fused-ring (bicyclic) bond motifs is 1. The number of hydrogen-bond acceptors (Lipinski definition) is 2. The summed E-state index contributed by atoms with van der Waals surface area (Å²) >= 11 is 0. The second kappa shape index (κ2) is 5.48. The Labute approximate surface area is 116 Å². The highest BCUT2D eigenvalue weighted by Gasteiger charge is 2.26. The van der Waals surface area contributed by atoms with Gasteiger partial charge in [0.1, 0.15) is 0 Å². The molecular formula is C17H25NO. The van der Waals surface area contributed by atoms with Crippen LogP contribution in [0.2, 0.25) is 0 Å². The summed E-state index contributed by atoms with van der Waals surface area (Å²) in [4.78, 5) is 0. The quantitative estimate of drug-likeness (QED) is 0.898. The molecule has 0 heterocycles. The molecule has 0 bridgehead atoms. The lowest BCUT2D eigenvalue weighted by atomic mass is 9.84. The number of hydrogen-bond donors (Lipinski definition) is 1. The Bertz CT molecular complexity index is 486. The maximum Gasteiger partial charge on any atom is 0.0839 e. The zero-order valence-corrected chi connectivity index (χ0v) is 12.5. The van der Waals surface area contributed by atoms with Crippen molar-refractivity contribution in [3.8, 4) is 0 Å². The largest absolute Gasteiger partial charge is 0.370 e. The Kier molecular flexibility index (Phi) is 4.12. The van der Waals surface area contributed by atoms with Crippen molar-refractivity contribution in [1.29, 1.82) is 0 Å². The number of benzene rings is 1. The molecule has 1 aliphatic rings. The molecular weight excluding hydrogens is 234 g/mol. The molecule has 19 heavy (non-hydrogen) atoms. The van der Waals surface area contributed by atoms with E-state index in [1.807, 2.05) is 6.92 Å². The molecule has 0 spiro atoms. The minimum atomic E-state index is -0.226. The number of rotatable bonds is 4. The first-order valence-electron chi connectivity index (χ1n) is 7.08. The van der Waals surface area contributed by atoms with Crippen molar-refractivity contribution >= 4 is 6.08 Å². The molecule has 0 aliphatic heterocycles. The molecule has 0 aromatic heterocycles. The van der Waals surface area contributed by atoms with E-state index in [-0.39, 0.29) is 11.6 Å². The normalized spacial score (nSPS) is 16.8. The minimum Gasteiger partial charge on any atom is -0.370 e. The number of ether oxygens (including phenoxy) is 1. The maximum atomic E-state index is 5.98. The lowest BCUT2D eigenvalue weighted by molar-refractivity contribution is 0.00360. The van der Waals surface area contributed by atoms with E-state index < -0.39 is 0 Å². The molecule has 1 atom stereocenters. The monoisotopic (exact) mass is 259 g/mol. The van der Waals surface area contributed by atoms with Gasteiger partial charge in [0.25, 0.3) is 0 Å². The van der Waals surface area contributed by atoms with Gasteiger partial charge in [-0.15, -0.1) is 0 Å². The van der Waals surface area contributed by atoms with Crippen molar-refractivity contribution in [2.24, 2.45) is 5.73 Å². The summed E-state index contributed by atoms with van der Waals surface area (Å²) in [7, 11) is 0. The third kappa shape index (κ3) is 3.46. The summed E-state index contributed by atoms with van der Waals surface area (Å²) in [5.74, 6) is 0. The van der Waals surface area contributed by atoms with Gasteiger partial charge in [0.15, 0.2) is 0 Å². The second-order valence-corrected chi connectivity index (χ2v) is 6.17. The van der Waals surface area contributed by atoms with E-state index >= 15 is 0 Å². The van der Waals surface area contributed by atoms with Crippen LogP contribution in [0.15, 0.2) is 23.8 Å².